The second kappa shape index (κ2) is 11.7. The summed E-state index contributed by atoms with van der Waals surface area (Å²) in [6.45, 7) is 3.64. The van der Waals surface area contributed by atoms with E-state index in [4.69, 9.17) is 0 Å². The zero-order chi connectivity index (χ0) is 23.8. The van der Waals surface area contributed by atoms with Crippen LogP contribution in [0.2, 0.25) is 0 Å². The summed E-state index contributed by atoms with van der Waals surface area (Å²) in [6, 6.07) is 14.0. The highest BCUT2D eigenvalue weighted by molar-refractivity contribution is 5.86. The van der Waals surface area contributed by atoms with Gasteiger partial charge in [-0.2, -0.15) is 0 Å². The highest BCUT2D eigenvalue weighted by atomic mass is 16.2. The average Bonchev–Trinajstić information content (AvgIpc) is 3.24. The van der Waals surface area contributed by atoms with Crippen molar-refractivity contribution in [2.75, 3.05) is 39.3 Å². The van der Waals surface area contributed by atoms with Crippen LogP contribution in [0.4, 0.5) is 0 Å². The van der Waals surface area contributed by atoms with E-state index in [0.717, 1.165) is 30.5 Å². The van der Waals surface area contributed by atoms with E-state index < -0.39 is 0 Å². The Hall–Kier alpha value is -3.26. The van der Waals surface area contributed by atoms with Crippen LogP contribution in [0.1, 0.15) is 42.9 Å². The van der Waals surface area contributed by atoms with Gasteiger partial charge in [0.25, 0.3) is 0 Å². The van der Waals surface area contributed by atoms with Crippen molar-refractivity contribution in [3.05, 3.63) is 66.0 Å². The van der Waals surface area contributed by atoms with Crippen molar-refractivity contribution in [2.24, 2.45) is 0 Å². The number of nitrogens with one attached hydrogen (secondary N) is 1. The van der Waals surface area contributed by atoms with Crippen molar-refractivity contribution in [2.45, 2.75) is 38.3 Å². The minimum Gasteiger partial charge on any atom is -0.354 e. The lowest BCUT2D eigenvalue weighted by atomic mass is 10.00. The van der Waals surface area contributed by atoms with Crippen molar-refractivity contribution in [1.82, 2.24) is 25.0 Å². The van der Waals surface area contributed by atoms with Crippen molar-refractivity contribution < 1.29 is 14.4 Å². The Morgan fingerprint density at radius 1 is 0.971 bits per heavy atom. The molecule has 8 nitrogen and oxygen atoms in total. The number of hydrogen-bond acceptors (Lipinski definition) is 5. The molecule has 3 heterocycles. The highest BCUT2D eigenvalue weighted by Gasteiger charge is 2.27. The fourth-order valence-electron chi connectivity index (χ4n) is 4.74. The number of carbonyl (C=O) groups is 3. The lowest BCUT2D eigenvalue weighted by Gasteiger charge is -2.32. The summed E-state index contributed by atoms with van der Waals surface area (Å²) in [5.74, 6) is -0.0320. The number of amides is 3. The Morgan fingerprint density at radius 2 is 1.76 bits per heavy atom. The predicted octanol–water partition coefficient (Wildman–Crippen LogP) is 1.99. The van der Waals surface area contributed by atoms with Gasteiger partial charge < -0.3 is 15.1 Å². The second-order valence-corrected chi connectivity index (χ2v) is 8.96. The molecule has 2 fully saturated rings. The van der Waals surface area contributed by atoms with Gasteiger partial charge >= 0.3 is 0 Å². The number of likely N-dealkylation sites (tertiary alicyclic amines) is 1. The fraction of sp³-hybridized carbons (Fsp3) is 0.462. The summed E-state index contributed by atoms with van der Waals surface area (Å²) < 4.78 is 0. The molecule has 0 aliphatic carbocycles. The van der Waals surface area contributed by atoms with Gasteiger partial charge in [0.05, 0.1) is 6.54 Å². The molecule has 1 N–H and O–H groups in total. The molecular formula is C26H33N5O3. The van der Waals surface area contributed by atoms with Crippen molar-refractivity contribution in [1.29, 1.82) is 0 Å². The van der Waals surface area contributed by atoms with Crippen LogP contribution in [0, 0.1) is 0 Å². The average molecular weight is 464 g/mol. The standard InChI is InChI=1S/C26H33N5O3/c32-24-18-23(22-6-2-1-3-7-22)30(19-21-9-11-27-12-10-21)16-5-15-29(17-13-28-24)26(34)20-31-14-4-8-25(31)33/h1-3,6-7,9-12,23H,4-5,8,13-20H2,(H,28,32). The zero-order valence-corrected chi connectivity index (χ0v) is 19.6. The molecule has 8 heteroatoms. The molecule has 1 aromatic carbocycles. The summed E-state index contributed by atoms with van der Waals surface area (Å²) in [7, 11) is 0. The Kier molecular flexibility index (Phi) is 8.25. The molecule has 2 aliphatic heterocycles. The fourth-order valence-corrected chi connectivity index (χ4v) is 4.74. The third-order valence-corrected chi connectivity index (χ3v) is 6.57. The van der Waals surface area contributed by atoms with Crippen LogP contribution in [0.5, 0.6) is 0 Å². The van der Waals surface area contributed by atoms with E-state index in [1.807, 2.05) is 30.3 Å². The first-order valence-electron chi connectivity index (χ1n) is 12.1. The van der Waals surface area contributed by atoms with E-state index in [1.54, 1.807) is 22.2 Å². The predicted molar refractivity (Wildman–Crippen MR) is 128 cm³/mol. The van der Waals surface area contributed by atoms with Gasteiger partial charge in [-0.25, -0.2) is 0 Å². The summed E-state index contributed by atoms with van der Waals surface area (Å²) in [6.07, 6.45) is 6.03. The van der Waals surface area contributed by atoms with E-state index in [1.165, 1.54) is 0 Å². The molecule has 2 aliphatic rings. The lowest BCUT2D eigenvalue weighted by Crippen LogP contribution is -2.44. The molecule has 1 unspecified atom stereocenters. The number of nitrogens with zero attached hydrogens (tertiary/aromatic N) is 4. The highest BCUT2D eigenvalue weighted by Crippen LogP contribution is 2.27. The van der Waals surface area contributed by atoms with Crippen LogP contribution in [0.3, 0.4) is 0 Å². The number of aromatic nitrogens is 1. The van der Waals surface area contributed by atoms with Gasteiger partial charge in [-0.05, 0) is 36.1 Å². The van der Waals surface area contributed by atoms with E-state index in [-0.39, 0.29) is 30.3 Å². The molecule has 1 aromatic heterocycles. The molecule has 180 valence electrons. The van der Waals surface area contributed by atoms with Gasteiger partial charge in [0.2, 0.25) is 17.7 Å². The van der Waals surface area contributed by atoms with E-state index in [2.05, 4.69) is 27.3 Å². The SMILES string of the molecule is O=C1CC(c2ccccc2)N(Cc2ccncc2)CCCN(C(=O)CN2CCCC2=O)CCN1. The summed E-state index contributed by atoms with van der Waals surface area (Å²) >= 11 is 0. The third kappa shape index (κ3) is 6.41. The summed E-state index contributed by atoms with van der Waals surface area (Å²) in [4.78, 5) is 47.7. The molecule has 0 saturated carbocycles. The molecule has 2 aromatic rings. The van der Waals surface area contributed by atoms with Crippen LogP contribution < -0.4 is 5.32 Å². The molecule has 1 atom stereocenters. The maximum Gasteiger partial charge on any atom is 0.242 e. The Bertz CT molecular complexity index is 969. The quantitative estimate of drug-likeness (QED) is 0.733. The number of rotatable bonds is 5. The van der Waals surface area contributed by atoms with Gasteiger partial charge in [0, 0.05) is 70.5 Å². The maximum absolute atomic E-state index is 13.0. The zero-order valence-electron chi connectivity index (χ0n) is 19.6. The lowest BCUT2D eigenvalue weighted by molar-refractivity contribution is -0.138. The second-order valence-electron chi connectivity index (χ2n) is 8.96. The number of pyridine rings is 1. The smallest absolute Gasteiger partial charge is 0.242 e. The van der Waals surface area contributed by atoms with Gasteiger partial charge in [0.1, 0.15) is 0 Å². The Morgan fingerprint density at radius 3 is 2.50 bits per heavy atom. The molecule has 0 radical (unpaired) electrons. The van der Waals surface area contributed by atoms with Crippen LogP contribution in [0.25, 0.3) is 0 Å². The first-order valence-corrected chi connectivity index (χ1v) is 12.1. The summed E-state index contributed by atoms with van der Waals surface area (Å²) in [5.41, 5.74) is 2.23. The largest absolute Gasteiger partial charge is 0.354 e. The minimum atomic E-state index is -0.0705. The van der Waals surface area contributed by atoms with Crippen molar-refractivity contribution >= 4 is 17.7 Å². The van der Waals surface area contributed by atoms with Crippen LogP contribution in [0.15, 0.2) is 54.9 Å². The molecule has 0 bridgehead atoms. The van der Waals surface area contributed by atoms with E-state index in [9.17, 15) is 14.4 Å². The first kappa shape index (κ1) is 23.9. The van der Waals surface area contributed by atoms with Gasteiger partial charge in [-0.3, -0.25) is 24.3 Å². The topological polar surface area (TPSA) is 85.9 Å². The third-order valence-electron chi connectivity index (χ3n) is 6.57. The number of benzene rings is 1. The van der Waals surface area contributed by atoms with Gasteiger partial charge in [-0.1, -0.05) is 30.3 Å². The maximum atomic E-state index is 13.0. The van der Waals surface area contributed by atoms with Gasteiger partial charge in [0.15, 0.2) is 0 Å². The van der Waals surface area contributed by atoms with Crippen molar-refractivity contribution in [3.8, 4) is 0 Å². The van der Waals surface area contributed by atoms with E-state index >= 15 is 0 Å². The van der Waals surface area contributed by atoms with Crippen molar-refractivity contribution in [3.63, 3.8) is 0 Å². The van der Waals surface area contributed by atoms with E-state index in [0.29, 0.717) is 45.6 Å². The molecule has 3 amide bonds. The van der Waals surface area contributed by atoms with Crippen LogP contribution in [-0.2, 0) is 20.9 Å². The normalized spacial score (nSPS) is 20.6. The molecule has 4 rings (SSSR count). The van der Waals surface area contributed by atoms with Crippen LogP contribution in [-0.4, -0.2) is 76.7 Å². The molecular weight excluding hydrogens is 430 g/mol. The summed E-state index contributed by atoms with van der Waals surface area (Å²) in [5, 5.41) is 3.00. The minimum absolute atomic E-state index is 0.0300. The first-order chi connectivity index (χ1) is 16.6. The molecule has 0 spiro atoms. The van der Waals surface area contributed by atoms with Crippen LogP contribution >= 0.6 is 0 Å². The number of hydrogen-bond donors (Lipinski definition) is 1. The van der Waals surface area contributed by atoms with Gasteiger partial charge in [-0.15, -0.1) is 0 Å². The monoisotopic (exact) mass is 463 g/mol. The molecule has 2 saturated heterocycles. The Balaban J connectivity index is 1.51. The Labute approximate surface area is 200 Å². The number of carbonyl (C=O) groups excluding carboxylic acids is 3. The molecule has 34 heavy (non-hydrogen) atoms.